The SMILES string of the molecule is CNCc1cc(NCC(F)(F)F)ccc1N.c1ccccc1.c1ccn(CC2CCCCC2)c1. The van der Waals surface area contributed by atoms with E-state index in [1.807, 2.05) is 36.4 Å². The van der Waals surface area contributed by atoms with E-state index in [4.69, 9.17) is 5.73 Å². The minimum atomic E-state index is -4.22. The minimum Gasteiger partial charge on any atom is -0.398 e. The van der Waals surface area contributed by atoms with Gasteiger partial charge in [-0.1, -0.05) is 55.7 Å². The highest BCUT2D eigenvalue weighted by molar-refractivity contribution is 5.57. The van der Waals surface area contributed by atoms with Crippen molar-refractivity contribution in [1.82, 2.24) is 9.88 Å². The van der Waals surface area contributed by atoms with Gasteiger partial charge in [0, 0.05) is 36.9 Å². The Morgan fingerprint density at radius 2 is 1.50 bits per heavy atom. The highest BCUT2D eigenvalue weighted by Crippen LogP contribution is 2.25. The lowest BCUT2D eigenvalue weighted by Gasteiger charge is -2.21. The molecule has 1 aliphatic carbocycles. The lowest BCUT2D eigenvalue weighted by atomic mass is 9.89. The second kappa shape index (κ2) is 15.1. The number of nitrogens with zero attached hydrogens (tertiary/aromatic N) is 1. The molecule has 34 heavy (non-hydrogen) atoms. The summed E-state index contributed by atoms with van der Waals surface area (Å²) in [7, 11) is 1.75. The second-order valence-corrected chi connectivity index (χ2v) is 8.45. The third-order valence-electron chi connectivity index (χ3n) is 5.53. The average molecular weight is 475 g/mol. The Labute approximate surface area is 201 Å². The summed E-state index contributed by atoms with van der Waals surface area (Å²) in [5.74, 6) is 0.950. The Balaban J connectivity index is 0.000000198. The average Bonchev–Trinajstić information content (AvgIpc) is 3.35. The quantitative estimate of drug-likeness (QED) is 0.348. The largest absolute Gasteiger partial charge is 0.405 e. The molecule has 4 rings (SSSR count). The molecular formula is C27H37F3N4. The van der Waals surface area contributed by atoms with Crippen molar-refractivity contribution < 1.29 is 13.2 Å². The Bertz CT molecular complexity index is 863. The molecule has 0 unspecified atom stereocenters. The van der Waals surface area contributed by atoms with Crippen LogP contribution in [0.1, 0.15) is 37.7 Å². The number of nitrogens with one attached hydrogen (secondary N) is 2. The molecule has 3 aromatic rings. The monoisotopic (exact) mass is 474 g/mol. The van der Waals surface area contributed by atoms with Crippen LogP contribution in [0.3, 0.4) is 0 Å². The Kier molecular flexibility index (Phi) is 12.1. The van der Waals surface area contributed by atoms with Gasteiger partial charge in [0.2, 0.25) is 0 Å². The smallest absolute Gasteiger partial charge is 0.398 e. The van der Waals surface area contributed by atoms with Crippen LogP contribution in [-0.4, -0.2) is 24.3 Å². The first-order valence-corrected chi connectivity index (χ1v) is 11.8. The second-order valence-electron chi connectivity index (χ2n) is 8.45. The summed E-state index contributed by atoms with van der Waals surface area (Å²) < 4.78 is 38.2. The molecule has 186 valence electrons. The van der Waals surface area contributed by atoms with Crippen molar-refractivity contribution in [3.8, 4) is 0 Å². The molecular weight excluding hydrogens is 437 g/mol. The van der Waals surface area contributed by atoms with Crippen molar-refractivity contribution in [1.29, 1.82) is 0 Å². The maximum Gasteiger partial charge on any atom is 0.405 e. The molecule has 1 heterocycles. The third kappa shape index (κ3) is 11.8. The van der Waals surface area contributed by atoms with Crippen LogP contribution in [0, 0.1) is 5.92 Å². The third-order valence-corrected chi connectivity index (χ3v) is 5.53. The van der Waals surface area contributed by atoms with E-state index in [9.17, 15) is 13.2 Å². The van der Waals surface area contributed by atoms with Crippen molar-refractivity contribution in [2.75, 3.05) is 24.6 Å². The fourth-order valence-electron chi connectivity index (χ4n) is 3.81. The minimum absolute atomic E-state index is 0.414. The van der Waals surface area contributed by atoms with Gasteiger partial charge in [-0.3, -0.25) is 0 Å². The molecule has 0 aliphatic heterocycles. The van der Waals surface area contributed by atoms with Gasteiger partial charge in [-0.15, -0.1) is 0 Å². The molecule has 0 amide bonds. The number of halogens is 3. The zero-order chi connectivity index (χ0) is 24.7. The van der Waals surface area contributed by atoms with Gasteiger partial charge in [0.15, 0.2) is 0 Å². The number of hydrogen-bond acceptors (Lipinski definition) is 3. The van der Waals surface area contributed by atoms with Crippen LogP contribution in [0.25, 0.3) is 0 Å². The lowest BCUT2D eigenvalue weighted by Crippen LogP contribution is -2.21. The number of alkyl halides is 3. The van der Waals surface area contributed by atoms with Crippen molar-refractivity contribution in [3.05, 3.63) is 84.7 Å². The van der Waals surface area contributed by atoms with E-state index >= 15 is 0 Å². The lowest BCUT2D eigenvalue weighted by molar-refractivity contribution is -0.115. The van der Waals surface area contributed by atoms with Gasteiger partial charge in [0.05, 0.1) is 0 Å². The molecule has 1 saturated carbocycles. The Morgan fingerprint density at radius 3 is 2.03 bits per heavy atom. The van der Waals surface area contributed by atoms with Crippen LogP contribution in [0.4, 0.5) is 24.5 Å². The van der Waals surface area contributed by atoms with Crippen LogP contribution in [-0.2, 0) is 13.1 Å². The first-order valence-electron chi connectivity index (χ1n) is 11.8. The summed E-state index contributed by atoms with van der Waals surface area (Å²) in [6.45, 7) is 0.719. The van der Waals surface area contributed by atoms with Gasteiger partial charge >= 0.3 is 6.18 Å². The van der Waals surface area contributed by atoms with E-state index < -0.39 is 12.7 Å². The highest BCUT2D eigenvalue weighted by atomic mass is 19.4. The summed E-state index contributed by atoms with van der Waals surface area (Å²) in [4.78, 5) is 0. The molecule has 0 radical (unpaired) electrons. The van der Waals surface area contributed by atoms with Crippen molar-refractivity contribution in [2.45, 2.75) is 51.4 Å². The van der Waals surface area contributed by atoms with Gasteiger partial charge in [0.25, 0.3) is 0 Å². The van der Waals surface area contributed by atoms with Crippen molar-refractivity contribution >= 4 is 11.4 Å². The van der Waals surface area contributed by atoms with Gasteiger partial charge in [-0.25, -0.2) is 0 Å². The molecule has 0 bridgehead atoms. The molecule has 1 aromatic heterocycles. The first-order chi connectivity index (χ1) is 16.4. The van der Waals surface area contributed by atoms with Crippen molar-refractivity contribution in [2.24, 2.45) is 5.92 Å². The van der Waals surface area contributed by atoms with Crippen LogP contribution in [0.2, 0.25) is 0 Å². The summed E-state index contributed by atoms with van der Waals surface area (Å²) in [6, 6.07) is 21.0. The molecule has 0 atom stereocenters. The molecule has 0 spiro atoms. The number of hydrogen-bond donors (Lipinski definition) is 3. The number of nitrogen functional groups attached to an aromatic ring is 1. The van der Waals surface area contributed by atoms with Gasteiger partial charge in [-0.05, 0) is 61.7 Å². The number of nitrogens with two attached hydrogens (primary N) is 1. The predicted molar refractivity (Wildman–Crippen MR) is 136 cm³/mol. The fourth-order valence-corrected chi connectivity index (χ4v) is 3.81. The van der Waals surface area contributed by atoms with Crippen LogP contribution in [0.5, 0.6) is 0 Å². The van der Waals surface area contributed by atoms with Gasteiger partial charge in [-0.2, -0.15) is 13.2 Å². The number of aromatic nitrogens is 1. The number of rotatable bonds is 6. The molecule has 7 heteroatoms. The number of benzene rings is 2. The molecule has 4 nitrogen and oxygen atoms in total. The summed E-state index contributed by atoms with van der Waals surface area (Å²) in [5, 5.41) is 5.20. The van der Waals surface area contributed by atoms with E-state index in [1.54, 1.807) is 19.2 Å². The zero-order valence-electron chi connectivity index (χ0n) is 19.9. The van der Waals surface area contributed by atoms with Crippen molar-refractivity contribution in [3.63, 3.8) is 0 Å². The molecule has 2 aromatic carbocycles. The van der Waals surface area contributed by atoms with Crippen LogP contribution >= 0.6 is 0 Å². The molecule has 0 saturated heterocycles. The predicted octanol–water partition coefficient (Wildman–Crippen LogP) is 6.72. The maximum absolute atomic E-state index is 12.0. The Morgan fingerprint density at radius 1 is 0.912 bits per heavy atom. The maximum atomic E-state index is 12.0. The highest BCUT2D eigenvalue weighted by Gasteiger charge is 2.26. The summed E-state index contributed by atoms with van der Waals surface area (Å²) in [6.07, 6.45) is 7.38. The summed E-state index contributed by atoms with van der Waals surface area (Å²) in [5.41, 5.74) is 7.42. The van der Waals surface area contributed by atoms with E-state index in [-0.39, 0.29) is 0 Å². The molecule has 1 aliphatic rings. The number of anilines is 2. The zero-order valence-corrected chi connectivity index (χ0v) is 19.9. The first kappa shape index (κ1) is 27.3. The Hall–Kier alpha value is -2.93. The summed E-state index contributed by atoms with van der Waals surface area (Å²) >= 11 is 0. The standard InChI is InChI=1S/C11H17N.C10H14F3N3.C6H6/c1-2-6-11(7-3-1)10-12-8-4-5-9-12;1-15-5-7-4-8(2-3-9(7)14)16-6-10(11,12)13;1-2-4-6-5-3-1/h4-5,8-9,11H,1-3,6-7,10H2;2-4,15-16H,5-6,14H2,1H3;1-6H. The molecule has 4 N–H and O–H groups in total. The van der Waals surface area contributed by atoms with E-state index in [0.29, 0.717) is 17.9 Å². The van der Waals surface area contributed by atoms with E-state index in [1.165, 1.54) is 44.7 Å². The van der Waals surface area contributed by atoms with Gasteiger partial charge in [0.1, 0.15) is 6.54 Å². The van der Waals surface area contributed by atoms with Gasteiger partial charge < -0.3 is 20.9 Å². The van der Waals surface area contributed by atoms with E-state index in [2.05, 4.69) is 39.7 Å². The van der Waals surface area contributed by atoms with Crippen LogP contribution in [0.15, 0.2) is 79.1 Å². The van der Waals surface area contributed by atoms with Crippen LogP contribution < -0.4 is 16.4 Å². The molecule has 1 fully saturated rings. The van der Waals surface area contributed by atoms with E-state index in [0.717, 1.165) is 11.5 Å². The topological polar surface area (TPSA) is 55.0 Å². The fraction of sp³-hybridized carbons (Fsp3) is 0.407. The normalized spacial score (nSPS) is 13.8.